The van der Waals surface area contributed by atoms with Crippen LogP contribution in [0.3, 0.4) is 0 Å². The van der Waals surface area contributed by atoms with Crippen LogP contribution < -0.4 is 10.9 Å². The van der Waals surface area contributed by atoms with Crippen LogP contribution in [0.25, 0.3) is 6.08 Å². The Balaban J connectivity index is 2.30. The number of ether oxygens (including phenoxy) is 1. The van der Waals surface area contributed by atoms with E-state index in [-0.39, 0.29) is 5.56 Å². The lowest BCUT2D eigenvalue weighted by atomic mass is 10.2. The van der Waals surface area contributed by atoms with E-state index >= 15 is 0 Å². The lowest BCUT2D eigenvalue weighted by Gasteiger charge is -2.19. The zero-order valence-electron chi connectivity index (χ0n) is 11.4. The van der Waals surface area contributed by atoms with Crippen molar-refractivity contribution in [2.75, 3.05) is 6.54 Å². The minimum Gasteiger partial charge on any atom is -0.444 e. The van der Waals surface area contributed by atoms with E-state index in [0.29, 0.717) is 18.5 Å². The van der Waals surface area contributed by atoms with Gasteiger partial charge in [0.25, 0.3) is 5.56 Å². The number of aromatic nitrogens is 2. The number of carbonyl (C=O) groups excluding carboxylic acids is 1. The molecule has 2 N–H and O–H groups in total. The first-order chi connectivity index (χ1) is 8.88. The van der Waals surface area contributed by atoms with Crippen molar-refractivity contribution >= 4 is 12.2 Å². The van der Waals surface area contributed by atoms with Crippen molar-refractivity contribution in [2.45, 2.75) is 32.8 Å². The lowest BCUT2D eigenvalue weighted by Crippen LogP contribution is -2.32. The molecule has 1 rings (SSSR count). The summed E-state index contributed by atoms with van der Waals surface area (Å²) in [5.41, 5.74) is -0.200. The molecule has 0 atom stereocenters. The van der Waals surface area contributed by atoms with Crippen molar-refractivity contribution in [1.82, 2.24) is 15.3 Å². The van der Waals surface area contributed by atoms with Gasteiger partial charge in [-0.15, -0.1) is 0 Å². The zero-order valence-corrected chi connectivity index (χ0v) is 11.4. The Kier molecular flexibility index (Phi) is 5.29. The van der Waals surface area contributed by atoms with E-state index in [1.54, 1.807) is 32.9 Å². The summed E-state index contributed by atoms with van der Waals surface area (Å²) in [4.78, 5) is 28.9. The quantitative estimate of drug-likeness (QED) is 0.811. The molecule has 1 aromatic heterocycles. The van der Waals surface area contributed by atoms with E-state index in [2.05, 4.69) is 15.3 Å². The summed E-state index contributed by atoms with van der Waals surface area (Å²) in [6.07, 6.45) is 6.44. The van der Waals surface area contributed by atoms with Crippen LogP contribution in [0.1, 0.15) is 32.8 Å². The molecule has 6 nitrogen and oxygen atoms in total. The number of H-pyrrole nitrogens is 1. The fourth-order valence-electron chi connectivity index (χ4n) is 1.26. The molecule has 104 valence electrons. The second kappa shape index (κ2) is 6.72. The molecular formula is C13H19N3O3. The van der Waals surface area contributed by atoms with E-state index < -0.39 is 11.7 Å². The SMILES string of the molecule is CC(C)(C)OC(=O)NCCC=Cc1cnc[nH]c1=O. The van der Waals surface area contributed by atoms with Gasteiger partial charge in [0.2, 0.25) is 0 Å². The van der Waals surface area contributed by atoms with Gasteiger partial charge in [0.15, 0.2) is 0 Å². The molecule has 0 aliphatic rings. The third kappa shape index (κ3) is 6.40. The normalized spacial score (nSPS) is 11.5. The number of amides is 1. The number of rotatable bonds is 4. The highest BCUT2D eigenvalue weighted by molar-refractivity contribution is 5.67. The molecule has 0 saturated carbocycles. The molecule has 0 fully saturated rings. The molecule has 0 saturated heterocycles. The molecule has 6 heteroatoms. The van der Waals surface area contributed by atoms with Crippen molar-refractivity contribution in [3.63, 3.8) is 0 Å². The average Bonchev–Trinajstić information content (AvgIpc) is 2.28. The molecular weight excluding hydrogens is 246 g/mol. The Labute approximate surface area is 111 Å². The highest BCUT2D eigenvalue weighted by Crippen LogP contribution is 2.06. The first kappa shape index (κ1) is 14.9. The van der Waals surface area contributed by atoms with Gasteiger partial charge in [0.1, 0.15) is 5.60 Å². The minimum atomic E-state index is -0.497. The first-order valence-electron chi connectivity index (χ1n) is 6.04. The topological polar surface area (TPSA) is 84.1 Å². The van der Waals surface area contributed by atoms with Gasteiger partial charge in [-0.1, -0.05) is 12.2 Å². The number of alkyl carbamates (subject to hydrolysis) is 1. The van der Waals surface area contributed by atoms with Crippen LogP contribution in [0, 0.1) is 0 Å². The fourth-order valence-corrected chi connectivity index (χ4v) is 1.26. The molecule has 0 aromatic carbocycles. The summed E-state index contributed by atoms with van der Waals surface area (Å²) in [7, 11) is 0. The molecule has 0 unspecified atom stereocenters. The second-order valence-electron chi connectivity index (χ2n) is 4.96. The lowest BCUT2D eigenvalue weighted by molar-refractivity contribution is 0.0529. The smallest absolute Gasteiger partial charge is 0.407 e. The predicted octanol–water partition coefficient (Wildman–Crippen LogP) is 1.70. The average molecular weight is 265 g/mol. The standard InChI is InChI=1S/C13H19N3O3/c1-13(2,3)19-12(18)15-7-5-4-6-10-8-14-9-16-11(10)17/h4,6,8-9H,5,7H2,1-3H3,(H,15,18)(H,14,16,17). The van der Waals surface area contributed by atoms with Crippen molar-refractivity contribution < 1.29 is 9.53 Å². The van der Waals surface area contributed by atoms with Crippen molar-refractivity contribution in [3.05, 3.63) is 34.5 Å². The number of aromatic amines is 1. The first-order valence-corrected chi connectivity index (χ1v) is 6.04. The predicted molar refractivity (Wildman–Crippen MR) is 72.7 cm³/mol. The van der Waals surface area contributed by atoms with Crippen LogP contribution in [0.2, 0.25) is 0 Å². The number of hydrogen-bond acceptors (Lipinski definition) is 4. The Morgan fingerprint density at radius 2 is 2.26 bits per heavy atom. The maximum Gasteiger partial charge on any atom is 0.407 e. The summed E-state index contributed by atoms with van der Waals surface area (Å²) in [5, 5.41) is 2.63. The Hall–Kier alpha value is -2.11. The zero-order chi connectivity index (χ0) is 14.3. The van der Waals surface area contributed by atoms with Gasteiger partial charge in [-0.05, 0) is 27.2 Å². The van der Waals surface area contributed by atoms with E-state index in [9.17, 15) is 9.59 Å². The van der Waals surface area contributed by atoms with Crippen LogP contribution in [-0.4, -0.2) is 28.2 Å². The van der Waals surface area contributed by atoms with Crippen LogP contribution in [0.5, 0.6) is 0 Å². The Morgan fingerprint density at radius 1 is 1.53 bits per heavy atom. The number of nitrogens with zero attached hydrogens (tertiary/aromatic N) is 1. The maximum atomic E-state index is 11.3. The van der Waals surface area contributed by atoms with Crippen molar-refractivity contribution in [1.29, 1.82) is 0 Å². The molecule has 19 heavy (non-hydrogen) atoms. The largest absolute Gasteiger partial charge is 0.444 e. The van der Waals surface area contributed by atoms with Gasteiger partial charge in [-0.25, -0.2) is 9.78 Å². The van der Waals surface area contributed by atoms with E-state index in [0.717, 1.165) is 0 Å². The summed E-state index contributed by atoms with van der Waals surface area (Å²) in [6.45, 7) is 5.87. The van der Waals surface area contributed by atoms with E-state index in [1.165, 1.54) is 12.5 Å². The molecule has 1 heterocycles. The van der Waals surface area contributed by atoms with E-state index in [4.69, 9.17) is 4.74 Å². The minimum absolute atomic E-state index is 0.189. The van der Waals surface area contributed by atoms with E-state index in [1.807, 2.05) is 0 Å². The van der Waals surface area contributed by atoms with Gasteiger partial charge in [-0.2, -0.15) is 0 Å². The van der Waals surface area contributed by atoms with Crippen LogP contribution >= 0.6 is 0 Å². The number of hydrogen-bond donors (Lipinski definition) is 2. The third-order valence-electron chi connectivity index (χ3n) is 2.02. The van der Waals surface area contributed by atoms with Gasteiger partial charge in [0, 0.05) is 12.7 Å². The maximum absolute atomic E-state index is 11.3. The van der Waals surface area contributed by atoms with Crippen LogP contribution in [0.15, 0.2) is 23.4 Å². The summed E-state index contributed by atoms with van der Waals surface area (Å²) in [6, 6.07) is 0. The molecule has 1 amide bonds. The molecule has 0 bridgehead atoms. The fraction of sp³-hybridized carbons (Fsp3) is 0.462. The van der Waals surface area contributed by atoms with Crippen LogP contribution in [0.4, 0.5) is 4.79 Å². The van der Waals surface area contributed by atoms with Gasteiger partial charge < -0.3 is 15.0 Å². The number of nitrogens with one attached hydrogen (secondary N) is 2. The number of carbonyl (C=O) groups is 1. The Bertz CT molecular complexity index is 500. The van der Waals surface area contributed by atoms with Crippen LogP contribution in [-0.2, 0) is 4.74 Å². The van der Waals surface area contributed by atoms with Crippen molar-refractivity contribution in [3.8, 4) is 0 Å². The monoisotopic (exact) mass is 265 g/mol. The molecule has 0 radical (unpaired) electrons. The third-order valence-corrected chi connectivity index (χ3v) is 2.02. The highest BCUT2D eigenvalue weighted by Gasteiger charge is 2.15. The van der Waals surface area contributed by atoms with Crippen molar-refractivity contribution in [2.24, 2.45) is 0 Å². The molecule has 0 aliphatic carbocycles. The van der Waals surface area contributed by atoms with Gasteiger partial charge >= 0.3 is 6.09 Å². The molecule has 1 aromatic rings. The molecule has 0 spiro atoms. The van der Waals surface area contributed by atoms with Gasteiger partial charge in [-0.3, -0.25) is 4.79 Å². The summed E-state index contributed by atoms with van der Waals surface area (Å²) in [5.74, 6) is 0. The second-order valence-corrected chi connectivity index (χ2v) is 4.96. The summed E-state index contributed by atoms with van der Waals surface area (Å²) < 4.78 is 5.08. The highest BCUT2D eigenvalue weighted by atomic mass is 16.6. The Morgan fingerprint density at radius 3 is 2.89 bits per heavy atom. The molecule has 0 aliphatic heterocycles. The summed E-state index contributed by atoms with van der Waals surface area (Å²) >= 11 is 0. The van der Waals surface area contributed by atoms with Gasteiger partial charge in [0.05, 0.1) is 11.9 Å².